The third-order valence-electron chi connectivity index (χ3n) is 2.29. The summed E-state index contributed by atoms with van der Waals surface area (Å²) in [7, 11) is 0. The summed E-state index contributed by atoms with van der Waals surface area (Å²) >= 11 is 0. The van der Waals surface area contributed by atoms with Crippen molar-refractivity contribution in [1.82, 2.24) is 5.32 Å². The number of aliphatic carboxylic acids is 1. The van der Waals surface area contributed by atoms with E-state index in [1.807, 2.05) is 0 Å². The van der Waals surface area contributed by atoms with Crippen LogP contribution in [0.4, 0.5) is 8.78 Å². The van der Waals surface area contributed by atoms with Crippen LogP contribution in [-0.4, -0.2) is 23.0 Å². The van der Waals surface area contributed by atoms with Crippen LogP contribution in [0.2, 0.25) is 0 Å². The lowest BCUT2D eigenvalue weighted by Crippen LogP contribution is -2.35. The molecule has 0 heterocycles. The van der Waals surface area contributed by atoms with Crippen molar-refractivity contribution in [3.05, 3.63) is 35.4 Å². The number of amides is 1. The molecule has 0 saturated heterocycles. The fourth-order valence-corrected chi connectivity index (χ4v) is 1.55. The summed E-state index contributed by atoms with van der Waals surface area (Å²) in [4.78, 5) is 21.4. The van der Waals surface area contributed by atoms with Gasteiger partial charge in [-0.25, -0.2) is 8.78 Å². The third-order valence-corrected chi connectivity index (χ3v) is 2.29. The maximum atomic E-state index is 13.3. The van der Waals surface area contributed by atoms with E-state index < -0.39 is 36.0 Å². The van der Waals surface area contributed by atoms with Crippen LogP contribution in [0.3, 0.4) is 0 Å². The maximum Gasteiger partial charge on any atom is 0.312 e. The molecule has 1 atom stereocenters. The largest absolute Gasteiger partial charge is 0.481 e. The Kier molecular flexibility index (Phi) is 4.76. The Bertz CT molecular complexity index is 442. The van der Waals surface area contributed by atoms with Gasteiger partial charge in [0.15, 0.2) is 0 Å². The van der Waals surface area contributed by atoms with Gasteiger partial charge in [0.2, 0.25) is 5.91 Å². The van der Waals surface area contributed by atoms with Crippen LogP contribution < -0.4 is 5.32 Å². The van der Waals surface area contributed by atoms with Crippen LogP contribution in [0.25, 0.3) is 0 Å². The van der Waals surface area contributed by atoms with E-state index in [4.69, 9.17) is 5.11 Å². The fourth-order valence-electron chi connectivity index (χ4n) is 1.55. The average molecular weight is 257 g/mol. The molecule has 6 heteroatoms. The van der Waals surface area contributed by atoms with Crippen LogP contribution in [0.1, 0.15) is 18.9 Å². The standard InChI is InChI=1S/C12H13F2NO3/c1-7(15-11(16)6-12(17)18)5-8-9(13)3-2-4-10(8)14/h2-4,7H,5-6H2,1H3,(H,15,16)(H,17,18). The molecule has 0 aliphatic rings. The van der Waals surface area contributed by atoms with Crippen molar-refractivity contribution in [2.75, 3.05) is 0 Å². The molecule has 1 aromatic carbocycles. The zero-order chi connectivity index (χ0) is 13.7. The Morgan fingerprint density at radius 1 is 1.33 bits per heavy atom. The van der Waals surface area contributed by atoms with Crippen molar-refractivity contribution < 1.29 is 23.5 Å². The monoisotopic (exact) mass is 257 g/mol. The summed E-state index contributed by atoms with van der Waals surface area (Å²) in [6.07, 6.45) is -0.700. The molecule has 0 aliphatic heterocycles. The number of halogens is 2. The lowest BCUT2D eigenvalue weighted by atomic mass is 10.1. The molecule has 0 aliphatic carbocycles. The highest BCUT2D eigenvalue weighted by Gasteiger charge is 2.15. The molecule has 1 aromatic rings. The number of carboxylic acid groups (broad SMARTS) is 1. The Balaban J connectivity index is 2.62. The molecule has 1 amide bonds. The maximum absolute atomic E-state index is 13.3. The molecule has 18 heavy (non-hydrogen) atoms. The lowest BCUT2D eigenvalue weighted by molar-refractivity contribution is -0.140. The van der Waals surface area contributed by atoms with E-state index in [1.165, 1.54) is 6.07 Å². The summed E-state index contributed by atoms with van der Waals surface area (Å²) < 4.78 is 26.6. The van der Waals surface area contributed by atoms with Gasteiger partial charge in [0, 0.05) is 11.6 Å². The number of carboxylic acids is 1. The molecule has 98 valence electrons. The van der Waals surface area contributed by atoms with E-state index in [1.54, 1.807) is 6.92 Å². The zero-order valence-corrected chi connectivity index (χ0v) is 9.74. The van der Waals surface area contributed by atoms with Crippen LogP contribution in [0, 0.1) is 11.6 Å². The predicted molar refractivity (Wildman–Crippen MR) is 59.9 cm³/mol. The Morgan fingerprint density at radius 2 is 1.89 bits per heavy atom. The van der Waals surface area contributed by atoms with E-state index >= 15 is 0 Å². The second-order valence-electron chi connectivity index (χ2n) is 3.94. The van der Waals surface area contributed by atoms with Gasteiger partial charge in [-0.3, -0.25) is 9.59 Å². The number of rotatable bonds is 5. The second-order valence-corrected chi connectivity index (χ2v) is 3.94. The van der Waals surface area contributed by atoms with Crippen molar-refractivity contribution >= 4 is 11.9 Å². The van der Waals surface area contributed by atoms with Gasteiger partial charge >= 0.3 is 5.97 Å². The Morgan fingerprint density at radius 3 is 2.39 bits per heavy atom. The predicted octanol–water partition coefficient (Wildman–Crippen LogP) is 1.49. The van der Waals surface area contributed by atoms with Crippen LogP contribution in [0.15, 0.2) is 18.2 Å². The van der Waals surface area contributed by atoms with Gasteiger partial charge in [0.25, 0.3) is 0 Å². The fraction of sp³-hybridized carbons (Fsp3) is 0.333. The number of nitrogens with one attached hydrogen (secondary N) is 1. The smallest absolute Gasteiger partial charge is 0.312 e. The van der Waals surface area contributed by atoms with Gasteiger partial charge in [-0.05, 0) is 25.5 Å². The first-order valence-electron chi connectivity index (χ1n) is 5.34. The van der Waals surface area contributed by atoms with Crippen molar-refractivity contribution in [1.29, 1.82) is 0 Å². The molecule has 0 spiro atoms. The number of hydrogen-bond donors (Lipinski definition) is 2. The molecule has 0 radical (unpaired) electrons. The highest BCUT2D eigenvalue weighted by atomic mass is 19.1. The highest BCUT2D eigenvalue weighted by molar-refractivity contribution is 5.93. The zero-order valence-electron chi connectivity index (χ0n) is 9.74. The van der Waals surface area contributed by atoms with Crippen LogP contribution >= 0.6 is 0 Å². The summed E-state index contributed by atoms with van der Waals surface area (Å²) in [5.74, 6) is -3.31. The summed E-state index contributed by atoms with van der Waals surface area (Å²) in [6, 6.07) is 2.96. The van der Waals surface area contributed by atoms with Crippen LogP contribution in [0.5, 0.6) is 0 Å². The summed E-state index contributed by atoms with van der Waals surface area (Å²) in [5, 5.41) is 10.8. The second kappa shape index (κ2) is 6.09. The Labute approximate surface area is 103 Å². The van der Waals surface area contributed by atoms with Crippen molar-refractivity contribution in [2.45, 2.75) is 25.8 Å². The number of carbonyl (C=O) groups is 2. The van der Waals surface area contributed by atoms with E-state index in [9.17, 15) is 18.4 Å². The summed E-state index contributed by atoms with van der Waals surface area (Å²) in [6.45, 7) is 1.55. The van der Waals surface area contributed by atoms with Gasteiger partial charge in [-0.1, -0.05) is 6.07 Å². The first-order chi connectivity index (χ1) is 8.40. The molecular weight excluding hydrogens is 244 g/mol. The molecule has 1 rings (SSSR count). The number of benzene rings is 1. The third kappa shape index (κ3) is 4.12. The number of carbonyl (C=O) groups excluding carboxylic acids is 1. The minimum Gasteiger partial charge on any atom is -0.481 e. The molecule has 0 aromatic heterocycles. The molecule has 1 unspecified atom stereocenters. The Hall–Kier alpha value is -1.98. The first-order valence-corrected chi connectivity index (χ1v) is 5.34. The van der Waals surface area contributed by atoms with E-state index in [-0.39, 0.29) is 12.0 Å². The van der Waals surface area contributed by atoms with Crippen molar-refractivity contribution in [2.24, 2.45) is 0 Å². The number of hydrogen-bond acceptors (Lipinski definition) is 2. The molecule has 4 nitrogen and oxygen atoms in total. The van der Waals surface area contributed by atoms with E-state index in [0.717, 1.165) is 12.1 Å². The first kappa shape index (κ1) is 14.1. The quantitative estimate of drug-likeness (QED) is 0.785. The average Bonchev–Trinajstić information content (AvgIpc) is 2.22. The van der Waals surface area contributed by atoms with Crippen LogP contribution in [-0.2, 0) is 16.0 Å². The topological polar surface area (TPSA) is 66.4 Å². The SMILES string of the molecule is CC(Cc1c(F)cccc1F)NC(=O)CC(=O)O. The van der Waals surface area contributed by atoms with Gasteiger partial charge in [0.1, 0.15) is 18.1 Å². The minimum atomic E-state index is -1.25. The van der Waals surface area contributed by atoms with Crippen molar-refractivity contribution in [3.63, 3.8) is 0 Å². The summed E-state index contributed by atoms with van der Waals surface area (Å²) in [5.41, 5.74) is -0.124. The molecule has 0 bridgehead atoms. The van der Waals surface area contributed by atoms with Gasteiger partial charge in [-0.2, -0.15) is 0 Å². The molecular formula is C12H13F2NO3. The highest BCUT2D eigenvalue weighted by Crippen LogP contribution is 2.14. The molecule has 2 N–H and O–H groups in total. The minimum absolute atomic E-state index is 0.0378. The van der Waals surface area contributed by atoms with Crippen molar-refractivity contribution in [3.8, 4) is 0 Å². The van der Waals surface area contributed by atoms with Gasteiger partial charge < -0.3 is 10.4 Å². The van der Waals surface area contributed by atoms with Gasteiger partial charge in [-0.15, -0.1) is 0 Å². The lowest BCUT2D eigenvalue weighted by Gasteiger charge is -2.14. The van der Waals surface area contributed by atoms with E-state index in [0.29, 0.717) is 0 Å². The van der Waals surface area contributed by atoms with Gasteiger partial charge in [0.05, 0.1) is 0 Å². The van der Waals surface area contributed by atoms with E-state index in [2.05, 4.69) is 5.32 Å². The molecule has 0 saturated carbocycles. The normalized spacial score (nSPS) is 11.9. The molecule has 0 fully saturated rings.